The van der Waals surface area contributed by atoms with Crippen molar-refractivity contribution in [2.24, 2.45) is 0 Å². The minimum Gasteiger partial charge on any atom is -0.489 e. The number of amides is 1. The Labute approximate surface area is 194 Å². The van der Waals surface area contributed by atoms with Gasteiger partial charge in [0.25, 0.3) is 0 Å². The maximum Gasteiger partial charge on any atom is 0.408 e. The lowest BCUT2D eigenvalue weighted by Gasteiger charge is -2.25. The lowest BCUT2D eigenvalue weighted by molar-refractivity contribution is -0.157. The molecule has 8 nitrogen and oxygen atoms in total. The van der Waals surface area contributed by atoms with Crippen LogP contribution in [0.5, 0.6) is 5.75 Å². The van der Waals surface area contributed by atoms with Crippen molar-refractivity contribution in [1.82, 2.24) is 5.32 Å². The van der Waals surface area contributed by atoms with Crippen LogP contribution < -0.4 is 10.1 Å². The van der Waals surface area contributed by atoms with Gasteiger partial charge in [0.2, 0.25) is 0 Å². The maximum absolute atomic E-state index is 12.7. The smallest absolute Gasteiger partial charge is 0.408 e. The van der Waals surface area contributed by atoms with Crippen LogP contribution in [-0.2, 0) is 27.3 Å². The van der Waals surface area contributed by atoms with Crippen LogP contribution >= 0.6 is 0 Å². The average Bonchev–Trinajstić information content (AvgIpc) is 2.76. The van der Waals surface area contributed by atoms with Gasteiger partial charge in [0.1, 0.15) is 36.2 Å². The van der Waals surface area contributed by atoms with Crippen LogP contribution in [0.1, 0.15) is 38.8 Å². The fraction of sp³-hybridized carbons (Fsp3) is 0.440. The van der Waals surface area contributed by atoms with Crippen molar-refractivity contribution in [2.45, 2.75) is 64.6 Å². The molecule has 0 aliphatic carbocycles. The summed E-state index contributed by atoms with van der Waals surface area (Å²) in [5.41, 5.74) is 1.07. The number of rotatable bonds is 10. The number of alkyl carbamates (subject to hydrolysis) is 1. The Morgan fingerprint density at radius 3 is 2.21 bits per heavy atom. The van der Waals surface area contributed by atoms with Crippen molar-refractivity contribution in [3.63, 3.8) is 0 Å². The third-order valence-electron chi connectivity index (χ3n) is 4.62. The van der Waals surface area contributed by atoms with Gasteiger partial charge in [0.05, 0.1) is 6.61 Å². The van der Waals surface area contributed by atoms with Gasteiger partial charge in [-0.15, -0.1) is 0 Å². The van der Waals surface area contributed by atoms with Gasteiger partial charge in [-0.3, -0.25) is 0 Å². The topological polar surface area (TPSA) is 114 Å². The van der Waals surface area contributed by atoms with Gasteiger partial charge in [-0.1, -0.05) is 42.5 Å². The quantitative estimate of drug-likeness (QED) is 0.468. The SMILES string of the molecule is C[C@@H](OC(=O)C(Cc1ccc(OCc2ccccc2)cc1)NC(=O)OC(C)(C)C)[C@@H](O)CO. The molecule has 2 rings (SSSR count). The highest BCUT2D eigenvalue weighted by Crippen LogP contribution is 2.16. The van der Waals surface area contributed by atoms with E-state index in [0.717, 1.165) is 11.1 Å². The predicted octanol–water partition coefficient (Wildman–Crippen LogP) is 2.99. The molecular weight excluding hydrogens is 426 g/mol. The standard InChI is InChI=1S/C25H33NO7/c1-17(22(28)15-27)32-23(29)21(26-24(30)33-25(2,3)4)14-18-10-12-20(13-11-18)31-16-19-8-6-5-7-9-19/h5-13,17,21-22,27-28H,14-16H2,1-4H3,(H,26,30)/t17-,21?,22+/m1/s1. The van der Waals surface area contributed by atoms with Crippen LogP contribution in [0.15, 0.2) is 54.6 Å². The minimum absolute atomic E-state index is 0.138. The van der Waals surface area contributed by atoms with Crippen molar-refractivity contribution in [1.29, 1.82) is 0 Å². The lowest BCUT2D eigenvalue weighted by atomic mass is 10.1. The Morgan fingerprint density at radius 2 is 1.64 bits per heavy atom. The molecule has 8 heteroatoms. The number of aliphatic hydroxyl groups excluding tert-OH is 2. The molecule has 3 atom stereocenters. The van der Waals surface area contributed by atoms with Crippen molar-refractivity contribution in [3.05, 3.63) is 65.7 Å². The van der Waals surface area contributed by atoms with Crippen molar-refractivity contribution in [2.75, 3.05) is 6.61 Å². The maximum atomic E-state index is 12.7. The van der Waals surface area contributed by atoms with Gasteiger partial charge in [-0.2, -0.15) is 0 Å². The summed E-state index contributed by atoms with van der Waals surface area (Å²) in [4.78, 5) is 25.0. The highest BCUT2D eigenvalue weighted by Gasteiger charge is 2.28. The lowest BCUT2D eigenvalue weighted by Crippen LogP contribution is -2.47. The molecule has 2 aromatic carbocycles. The van der Waals surface area contributed by atoms with E-state index in [1.165, 1.54) is 6.92 Å². The molecule has 0 spiro atoms. The number of esters is 1. The van der Waals surface area contributed by atoms with Crippen LogP contribution in [0.4, 0.5) is 4.79 Å². The molecule has 0 aromatic heterocycles. The fourth-order valence-electron chi connectivity index (χ4n) is 2.83. The first-order valence-corrected chi connectivity index (χ1v) is 10.8. The molecule has 0 fully saturated rings. The number of carbonyl (C=O) groups excluding carboxylic acids is 2. The van der Waals surface area contributed by atoms with E-state index in [0.29, 0.717) is 12.4 Å². The summed E-state index contributed by atoms with van der Waals surface area (Å²) in [5, 5.41) is 21.3. The number of carbonyl (C=O) groups is 2. The molecule has 1 amide bonds. The second-order valence-corrected chi connectivity index (χ2v) is 8.71. The third-order valence-corrected chi connectivity index (χ3v) is 4.62. The molecule has 0 aliphatic heterocycles. The number of benzene rings is 2. The summed E-state index contributed by atoms with van der Waals surface area (Å²) in [6.45, 7) is 6.49. The molecule has 0 aliphatic rings. The van der Waals surface area contributed by atoms with Crippen molar-refractivity contribution >= 4 is 12.1 Å². The number of aliphatic hydroxyl groups is 2. The van der Waals surface area contributed by atoms with E-state index in [-0.39, 0.29) is 6.42 Å². The minimum atomic E-state index is -1.22. The van der Waals surface area contributed by atoms with Crippen molar-refractivity contribution in [3.8, 4) is 5.75 Å². The number of nitrogens with one attached hydrogen (secondary N) is 1. The summed E-state index contributed by atoms with van der Waals surface area (Å²) in [6.07, 6.45) is -2.79. The zero-order valence-electron chi connectivity index (χ0n) is 19.5. The molecule has 0 saturated heterocycles. The summed E-state index contributed by atoms with van der Waals surface area (Å²) in [7, 11) is 0. The normalized spacial score (nSPS) is 14.0. The molecule has 0 radical (unpaired) electrons. The van der Waals surface area contributed by atoms with Gasteiger partial charge in [-0.05, 0) is 51.0 Å². The molecule has 3 N–H and O–H groups in total. The largest absolute Gasteiger partial charge is 0.489 e. The van der Waals surface area contributed by atoms with E-state index >= 15 is 0 Å². The summed E-state index contributed by atoms with van der Waals surface area (Å²) >= 11 is 0. The molecule has 180 valence electrons. The molecule has 0 bridgehead atoms. The molecule has 1 unspecified atom stereocenters. The van der Waals surface area contributed by atoms with Gasteiger partial charge in [0.15, 0.2) is 0 Å². The van der Waals surface area contributed by atoms with Crippen LogP contribution in [0.3, 0.4) is 0 Å². The predicted molar refractivity (Wildman–Crippen MR) is 123 cm³/mol. The van der Waals surface area contributed by atoms with Crippen LogP contribution in [0.2, 0.25) is 0 Å². The fourth-order valence-corrected chi connectivity index (χ4v) is 2.83. The van der Waals surface area contributed by atoms with E-state index in [1.54, 1.807) is 45.0 Å². The number of ether oxygens (including phenoxy) is 3. The Kier molecular flexibility index (Phi) is 9.69. The monoisotopic (exact) mass is 459 g/mol. The van der Waals surface area contributed by atoms with E-state index < -0.39 is 42.5 Å². The Hall–Kier alpha value is -3.10. The Bertz CT molecular complexity index is 878. The van der Waals surface area contributed by atoms with Gasteiger partial charge >= 0.3 is 12.1 Å². The molecule has 2 aromatic rings. The summed E-state index contributed by atoms with van der Waals surface area (Å²) in [6, 6.07) is 15.9. The van der Waals surface area contributed by atoms with Gasteiger partial charge in [0, 0.05) is 6.42 Å². The van der Waals surface area contributed by atoms with Crippen LogP contribution in [0, 0.1) is 0 Å². The molecule has 33 heavy (non-hydrogen) atoms. The Morgan fingerprint density at radius 1 is 1.00 bits per heavy atom. The summed E-state index contributed by atoms with van der Waals surface area (Å²) < 4.78 is 16.3. The molecule has 0 saturated carbocycles. The highest BCUT2D eigenvalue weighted by atomic mass is 16.6. The zero-order chi connectivity index (χ0) is 24.4. The number of hydrogen-bond donors (Lipinski definition) is 3. The van der Waals surface area contributed by atoms with E-state index in [9.17, 15) is 14.7 Å². The first kappa shape index (κ1) is 26.2. The van der Waals surface area contributed by atoms with Crippen molar-refractivity contribution < 1.29 is 34.0 Å². The average molecular weight is 460 g/mol. The van der Waals surface area contributed by atoms with Crippen LogP contribution in [0.25, 0.3) is 0 Å². The van der Waals surface area contributed by atoms with Crippen LogP contribution in [-0.4, -0.2) is 52.7 Å². The molecular formula is C25H33NO7. The van der Waals surface area contributed by atoms with Gasteiger partial charge in [-0.25, -0.2) is 9.59 Å². The Balaban J connectivity index is 2.05. The molecule has 0 heterocycles. The van der Waals surface area contributed by atoms with E-state index in [1.807, 2.05) is 30.3 Å². The highest BCUT2D eigenvalue weighted by molar-refractivity contribution is 5.82. The van der Waals surface area contributed by atoms with Gasteiger partial charge < -0.3 is 29.7 Å². The first-order chi connectivity index (χ1) is 15.6. The summed E-state index contributed by atoms with van der Waals surface area (Å²) in [5.74, 6) is -0.0771. The second kappa shape index (κ2) is 12.2. The first-order valence-electron chi connectivity index (χ1n) is 10.8. The van der Waals surface area contributed by atoms with E-state index in [4.69, 9.17) is 19.3 Å². The van der Waals surface area contributed by atoms with E-state index in [2.05, 4.69) is 5.32 Å². The third kappa shape index (κ3) is 9.51. The number of hydrogen-bond acceptors (Lipinski definition) is 7. The second-order valence-electron chi connectivity index (χ2n) is 8.71. The zero-order valence-corrected chi connectivity index (χ0v) is 19.5.